The van der Waals surface area contributed by atoms with Crippen LogP contribution in [-0.2, 0) is 13.2 Å². The summed E-state index contributed by atoms with van der Waals surface area (Å²) >= 11 is 5.81. The molecule has 17 heavy (non-hydrogen) atoms. The fourth-order valence-electron chi connectivity index (χ4n) is 1.35. The van der Waals surface area contributed by atoms with Gasteiger partial charge < -0.3 is 14.4 Å². The lowest BCUT2D eigenvalue weighted by Crippen LogP contribution is -2.00. The Morgan fingerprint density at radius 1 is 1.47 bits per heavy atom. The van der Waals surface area contributed by atoms with Crippen molar-refractivity contribution in [3.8, 4) is 5.75 Å². The van der Waals surface area contributed by atoms with Gasteiger partial charge in [-0.1, -0.05) is 16.8 Å². The van der Waals surface area contributed by atoms with Crippen LogP contribution in [0, 0.1) is 6.92 Å². The fraction of sp³-hybridized carbons (Fsp3) is 0.273. The first-order valence-corrected chi connectivity index (χ1v) is 5.38. The summed E-state index contributed by atoms with van der Waals surface area (Å²) in [5.74, 6) is 1.50. The standard InChI is InChI=1S/C11H11ClN2O3/c1-7-13-11(14-17-7)6-16-10-3-2-9(12)4-8(10)5-15/h2-4,15H,5-6H2,1H3. The van der Waals surface area contributed by atoms with E-state index in [0.717, 1.165) is 0 Å². The van der Waals surface area contributed by atoms with Crippen molar-refractivity contribution < 1.29 is 14.4 Å². The third-order valence-electron chi connectivity index (χ3n) is 2.12. The van der Waals surface area contributed by atoms with Gasteiger partial charge >= 0.3 is 0 Å². The molecular formula is C11H11ClN2O3. The molecule has 1 aromatic heterocycles. The molecule has 6 heteroatoms. The smallest absolute Gasteiger partial charge is 0.223 e. The maximum absolute atomic E-state index is 9.16. The number of hydrogen-bond acceptors (Lipinski definition) is 5. The zero-order valence-corrected chi connectivity index (χ0v) is 9.94. The predicted octanol–water partition coefficient (Wildman–Crippen LogP) is 2.10. The number of aryl methyl sites for hydroxylation is 1. The first-order chi connectivity index (χ1) is 8.19. The third-order valence-corrected chi connectivity index (χ3v) is 2.35. The molecule has 2 rings (SSSR count). The number of aliphatic hydroxyl groups is 1. The molecule has 0 fully saturated rings. The summed E-state index contributed by atoms with van der Waals surface area (Å²) < 4.78 is 10.3. The van der Waals surface area contributed by atoms with Crippen molar-refractivity contribution in [1.82, 2.24) is 10.1 Å². The van der Waals surface area contributed by atoms with Gasteiger partial charge in [-0.15, -0.1) is 0 Å². The highest BCUT2D eigenvalue weighted by Crippen LogP contribution is 2.23. The minimum Gasteiger partial charge on any atom is -0.485 e. The Bertz CT molecular complexity index is 513. The number of ether oxygens (including phenoxy) is 1. The third kappa shape index (κ3) is 2.95. The zero-order valence-electron chi connectivity index (χ0n) is 9.18. The Morgan fingerprint density at radius 3 is 2.94 bits per heavy atom. The van der Waals surface area contributed by atoms with E-state index in [1.54, 1.807) is 25.1 Å². The van der Waals surface area contributed by atoms with Gasteiger partial charge in [-0.3, -0.25) is 0 Å². The van der Waals surface area contributed by atoms with E-state index in [0.29, 0.717) is 28.1 Å². The summed E-state index contributed by atoms with van der Waals surface area (Å²) in [6, 6.07) is 5.04. The van der Waals surface area contributed by atoms with Crippen molar-refractivity contribution >= 4 is 11.6 Å². The average molecular weight is 255 g/mol. The molecule has 1 heterocycles. The van der Waals surface area contributed by atoms with E-state index in [1.165, 1.54) is 0 Å². The van der Waals surface area contributed by atoms with Gasteiger partial charge in [0.1, 0.15) is 5.75 Å². The van der Waals surface area contributed by atoms with Crippen molar-refractivity contribution in [1.29, 1.82) is 0 Å². The Hall–Kier alpha value is -1.59. The van der Waals surface area contributed by atoms with Crippen molar-refractivity contribution in [3.05, 3.63) is 40.5 Å². The maximum Gasteiger partial charge on any atom is 0.223 e. The second-order valence-electron chi connectivity index (χ2n) is 3.43. The maximum atomic E-state index is 9.16. The Balaban J connectivity index is 2.08. The van der Waals surface area contributed by atoms with Crippen LogP contribution in [0.15, 0.2) is 22.7 Å². The van der Waals surface area contributed by atoms with Crippen LogP contribution in [0.5, 0.6) is 5.75 Å². The second kappa shape index (κ2) is 5.16. The summed E-state index contributed by atoms with van der Waals surface area (Å²) in [6.45, 7) is 1.76. The fourth-order valence-corrected chi connectivity index (χ4v) is 1.55. The van der Waals surface area contributed by atoms with Crippen LogP contribution < -0.4 is 4.74 Å². The second-order valence-corrected chi connectivity index (χ2v) is 3.86. The van der Waals surface area contributed by atoms with Gasteiger partial charge in [0.05, 0.1) is 6.61 Å². The molecule has 0 unspecified atom stereocenters. The van der Waals surface area contributed by atoms with Gasteiger partial charge in [0, 0.05) is 17.5 Å². The highest BCUT2D eigenvalue weighted by Gasteiger charge is 2.07. The molecule has 0 spiro atoms. The number of aromatic nitrogens is 2. The summed E-state index contributed by atoms with van der Waals surface area (Å²) in [6.07, 6.45) is 0. The number of hydrogen-bond donors (Lipinski definition) is 1. The van der Waals surface area contributed by atoms with E-state index in [9.17, 15) is 0 Å². The van der Waals surface area contributed by atoms with E-state index in [4.69, 9.17) is 26.0 Å². The van der Waals surface area contributed by atoms with Crippen LogP contribution in [0.2, 0.25) is 5.02 Å². The van der Waals surface area contributed by atoms with Crippen molar-refractivity contribution in [2.24, 2.45) is 0 Å². The minimum absolute atomic E-state index is 0.138. The zero-order chi connectivity index (χ0) is 12.3. The van der Waals surface area contributed by atoms with Crippen LogP contribution in [0.4, 0.5) is 0 Å². The molecule has 0 atom stereocenters. The number of benzene rings is 1. The monoisotopic (exact) mass is 254 g/mol. The lowest BCUT2D eigenvalue weighted by Gasteiger charge is -2.08. The minimum atomic E-state index is -0.138. The number of aliphatic hydroxyl groups excluding tert-OH is 1. The molecule has 2 aromatic rings. The summed E-state index contributed by atoms with van der Waals surface area (Å²) in [5, 5.41) is 13.4. The molecule has 90 valence electrons. The molecular weight excluding hydrogens is 244 g/mol. The number of halogens is 1. The average Bonchev–Trinajstić information content (AvgIpc) is 2.73. The van der Waals surface area contributed by atoms with E-state index in [1.807, 2.05) is 0 Å². The number of nitrogens with zero attached hydrogens (tertiary/aromatic N) is 2. The molecule has 0 amide bonds. The van der Waals surface area contributed by atoms with Crippen molar-refractivity contribution in [2.45, 2.75) is 20.1 Å². The van der Waals surface area contributed by atoms with Crippen LogP contribution in [0.25, 0.3) is 0 Å². The lowest BCUT2D eigenvalue weighted by molar-refractivity contribution is 0.253. The van der Waals surface area contributed by atoms with Gasteiger partial charge in [-0.2, -0.15) is 4.98 Å². The quantitative estimate of drug-likeness (QED) is 0.905. The molecule has 0 aliphatic heterocycles. The predicted molar refractivity (Wildman–Crippen MR) is 60.7 cm³/mol. The van der Waals surface area contributed by atoms with Crippen molar-refractivity contribution in [2.75, 3.05) is 0 Å². The van der Waals surface area contributed by atoms with E-state index < -0.39 is 0 Å². The summed E-state index contributed by atoms with van der Waals surface area (Å²) in [5.41, 5.74) is 0.623. The van der Waals surface area contributed by atoms with E-state index >= 15 is 0 Å². The molecule has 1 N–H and O–H groups in total. The van der Waals surface area contributed by atoms with Gasteiger partial charge in [-0.25, -0.2) is 0 Å². The topological polar surface area (TPSA) is 68.4 Å². The molecule has 5 nitrogen and oxygen atoms in total. The molecule has 0 aliphatic rings. The van der Waals surface area contributed by atoms with Gasteiger partial charge in [0.15, 0.2) is 6.61 Å². The SMILES string of the molecule is Cc1nc(COc2ccc(Cl)cc2CO)no1. The Morgan fingerprint density at radius 2 is 2.29 bits per heavy atom. The first-order valence-electron chi connectivity index (χ1n) is 5.00. The molecule has 0 bridgehead atoms. The lowest BCUT2D eigenvalue weighted by atomic mass is 10.2. The Labute approximate surface area is 103 Å². The summed E-state index contributed by atoms with van der Waals surface area (Å²) in [4.78, 5) is 4.01. The number of rotatable bonds is 4. The van der Waals surface area contributed by atoms with Crippen LogP contribution in [-0.4, -0.2) is 15.2 Å². The van der Waals surface area contributed by atoms with Gasteiger partial charge in [0.25, 0.3) is 0 Å². The molecule has 0 radical (unpaired) electrons. The highest BCUT2D eigenvalue weighted by atomic mass is 35.5. The van der Waals surface area contributed by atoms with E-state index in [2.05, 4.69) is 10.1 Å². The largest absolute Gasteiger partial charge is 0.485 e. The van der Waals surface area contributed by atoms with Crippen LogP contribution in [0.3, 0.4) is 0 Å². The molecule has 0 saturated heterocycles. The highest BCUT2D eigenvalue weighted by molar-refractivity contribution is 6.30. The summed E-state index contributed by atoms with van der Waals surface area (Å²) in [7, 11) is 0. The first kappa shape index (κ1) is 11.9. The van der Waals surface area contributed by atoms with Crippen LogP contribution in [0.1, 0.15) is 17.3 Å². The molecule has 0 saturated carbocycles. The van der Waals surface area contributed by atoms with Crippen molar-refractivity contribution in [3.63, 3.8) is 0 Å². The van der Waals surface area contributed by atoms with Gasteiger partial charge in [0.2, 0.25) is 11.7 Å². The Kier molecular flexibility index (Phi) is 3.61. The van der Waals surface area contributed by atoms with Crippen LogP contribution >= 0.6 is 11.6 Å². The molecule has 1 aromatic carbocycles. The molecule has 0 aliphatic carbocycles. The van der Waals surface area contributed by atoms with E-state index in [-0.39, 0.29) is 13.2 Å². The normalized spacial score (nSPS) is 10.5. The van der Waals surface area contributed by atoms with Gasteiger partial charge in [-0.05, 0) is 18.2 Å².